The lowest BCUT2D eigenvalue weighted by Gasteiger charge is -2.20. The Labute approximate surface area is 237 Å². The molecule has 1 heterocycles. The van der Waals surface area contributed by atoms with Crippen LogP contribution >= 0.6 is 0 Å². The first-order chi connectivity index (χ1) is 20.0. The van der Waals surface area contributed by atoms with Gasteiger partial charge in [-0.3, -0.25) is 9.59 Å². The van der Waals surface area contributed by atoms with E-state index in [0.29, 0.717) is 0 Å². The van der Waals surface area contributed by atoms with Crippen LogP contribution in [0.15, 0.2) is 97.2 Å². The van der Waals surface area contributed by atoms with E-state index in [2.05, 4.69) is 20.6 Å². The molecule has 0 fully saturated rings. The van der Waals surface area contributed by atoms with Gasteiger partial charge in [0.25, 0.3) is 11.8 Å². The highest BCUT2D eigenvalue weighted by atomic mass is 16.5. The Morgan fingerprint density at radius 3 is 2.02 bits per heavy atom. The largest absolute Gasteiger partial charge is 0.472 e. The van der Waals surface area contributed by atoms with Gasteiger partial charge in [0.1, 0.15) is 12.2 Å². The number of nitrogens with zero attached hydrogens (tertiary/aromatic N) is 2. The highest BCUT2D eigenvalue weighted by molar-refractivity contribution is 5.97. The lowest BCUT2D eigenvalue weighted by atomic mass is 9.98. The Balaban J connectivity index is 1.59. The fraction of sp³-hybridized carbons (Fsp3) is 0.194. The molecule has 1 aromatic heterocycles. The second kappa shape index (κ2) is 14.3. The van der Waals surface area contributed by atoms with Gasteiger partial charge in [0.2, 0.25) is 11.7 Å². The van der Waals surface area contributed by atoms with Crippen LogP contribution in [0.5, 0.6) is 5.88 Å². The molecule has 10 nitrogen and oxygen atoms in total. The lowest BCUT2D eigenvalue weighted by molar-refractivity contribution is -0.152. The van der Waals surface area contributed by atoms with Gasteiger partial charge in [0.15, 0.2) is 6.10 Å². The third-order valence-corrected chi connectivity index (χ3v) is 5.98. The number of ether oxygens (including phenoxy) is 2. The van der Waals surface area contributed by atoms with Gasteiger partial charge in [-0.25, -0.2) is 9.78 Å². The summed E-state index contributed by atoms with van der Waals surface area (Å²) in [6.45, 7) is 1.38. The van der Waals surface area contributed by atoms with Crippen molar-refractivity contribution in [3.63, 3.8) is 0 Å². The van der Waals surface area contributed by atoms with Gasteiger partial charge in [-0.1, -0.05) is 91.0 Å². The standard InChI is InChI=1S/C31H30N4O6/c1-2-40-31(39)25(36)19-33-29(38)27-32-18-24(30(35-27)41-20-21-12-6-3-7-13-21)28(37)34-26(22-14-8-4-9-15-22)23-16-10-5-11-17-23/h3-18,25-26,36H,2,19-20H2,1H3,(H,33,38)(H,34,37). The van der Waals surface area contributed by atoms with Crippen molar-refractivity contribution in [3.8, 4) is 5.88 Å². The van der Waals surface area contributed by atoms with Gasteiger partial charge in [-0.05, 0) is 23.6 Å². The van der Waals surface area contributed by atoms with Crippen LogP contribution in [-0.2, 0) is 16.1 Å². The second-order valence-electron chi connectivity index (χ2n) is 8.89. The molecule has 0 radical (unpaired) electrons. The third kappa shape index (κ3) is 7.96. The highest BCUT2D eigenvalue weighted by Crippen LogP contribution is 2.24. The fourth-order valence-electron chi connectivity index (χ4n) is 3.92. The third-order valence-electron chi connectivity index (χ3n) is 5.98. The number of rotatable bonds is 12. The van der Waals surface area contributed by atoms with Crippen molar-refractivity contribution >= 4 is 17.8 Å². The zero-order chi connectivity index (χ0) is 29.0. The van der Waals surface area contributed by atoms with Crippen LogP contribution in [0.3, 0.4) is 0 Å². The monoisotopic (exact) mass is 554 g/mol. The molecule has 0 saturated carbocycles. The Morgan fingerprint density at radius 2 is 1.44 bits per heavy atom. The molecule has 210 valence electrons. The lowest BCUT2D eigenvalue weighted by Crippen LogP contribution is -2.38. The normalized spacial score (nSPS) is 11.4. The fourth-order valence-corrected chi connectivity index (χ4v) is 3.92. The predicted molar refractivity (Wildman–Crippen MR) is 150 cm³/mol. The summed E-state index contributed by atoms with van der Waals surface area (Å²) >= 11 is 0. The molecule has 0 aliphatic heterocycles. The minimum Gasteiger partial charge on any atom is -0.472 e. The number of hydrogen-bond acceptors (Lipinski definition) is 8. The van der Waals surface area contributed by atoms with Crippen molar-refractivity contribution in [1.29, 1.82) is 0 Å². The number of carbonyl (C=O) groups excluding carboxylic acids is 3. The van der Waals surface area contributed by atoms with Crippen LogP contribution in [0.25, 0.3) is 0 Å². The summed E-state index contributed by atoms with van der Waals surface area (Å²) in [6.07, 6.45) is -0.336. The van der Waals surface area contributed by atoms with E-state index in [9.17, 15) is 19.5 Å². The van der Waals surface area contributed by atoms with Gasteiger partial charge in [-0.15, -0.1) is 0 Å². The molecule has 4 rings (SSSR count). The first-order valence-corrected chi connectivity index (χ1v) is 13.0. The number of aromatic nitrogens is 2. The number of amides is 2. The van der Waals surface area contributed by atoms with Crippen molar-refractivity contribution in [2.24, 2.45) is 0 Å². The van der Waals surface area contributed by atoms with Gasteiger partial charge in [0, 0.05) is 6.20 Å². The Bertz CT molecular complexity index is 1410. The molecule has 0 spiro atoms. The molecular formula is C31H30N4O6. The van der Waals surface area contributed by atoms with Crippen LogP contribution < -0.4 is 15.4 Å². The van der Waals surface area contributed by atoms with E-state index in [1.165, 1.54) is 6.20 Å². The van der Waals surface area contributed by atoms with Crippen LogP contribution in [0.4, 0.5) is 0 Å². The Kier molecular flexibility index (Phi) is 10.1. The van der Waals surface area contributed by atoms with E-state index >= 15 is 0 Å². The summed E-state index contributed by atoms with van der Waals surface area (Å²) in [7, 11) is 0. The maximum absolute atomic E-state index is 13.6. The van der Waals surface area contributed by atoms with Gasteiger partial charge in [0.05, 0.1) is 19.2 Å². The number of aliphatic hydroxyl groups is 1. The summed E-state index contributed by atoms with van der Waals surface area (Å²) in [5, 5.41) is 15.3. The minimum absolute atomic E-state index is 0.0286. The molecule has 2 amide bonds. The molecule has 3 N–H and O–H groups in total. The number of esters is 1. The maximum atomic E-state index is 13.6. The van der Waals surface area contributed by atoms with Crippen LogP contribution in [-0.4, -0.2) is 52.1 Å². The average molecular weight is 555 g/mol. The molecule has 10 heteroatoms. The Hall–Kier alpha value is -5.09. The summed E-state index contributed by atoms with van der Waals surface area (Å²) in [5.41, 5.74) is 2.60. The van der Waals surface area contributed by atoms with E-state index in [-0.39, 0.29) is 30.5 Å². The number of carbonyl (C=O) groups is 3. The number of aliphatic hydroxyl groups excluding tert-OH is 1. The molecule has 1 atom stereocenters. The summed E-state index contributed by atoms with van der Waals surface area (Å²) in [4.78, 5) is 46.3. The molecule has 1 unspecified atom stereocenters. The van der Waals surface area contributed by atoms with Gasteiger partial charge >= 0.3 is 5.97 Å². The van der Waals surface area contributed by atoms with Crippen molar-refractivity contribution < 1.29 is 29.0 Å². The van der Waals surface area contributed by atoms with E-state index in [0.717, 1.165) is 16.7 Å². The minimum atomic E-state index is -1.55. The molecule has 0 aliphatic carbocycles. The quantitative estimate of drug-likeness (QED) is 0.227. The van der Waals surface area contributed by atoms with Crippen molar-refractivity contribution in [1.82, 2.24) is 20.6 Å². The van der Waals surface area contributed by atoms with Crippen molar-refractivity contribution in [3.05, 3.63) is 125 Å². The van der Waals surface area contributed by atoms with E-state index < -0.39 is 36.5 Å². The smallest absolute Gasteiger partial charge is 0.336 e. The first kappa shape index (κ1) is 28.9. The molecule has 3 aromatic carbocycles. The SMILES string of the molecule is CCOC(=O)C(O)CNC(=O)c1ncc(C(=O)NC(c2ccccc2)c2ccccc2)c(OCc2ccccc2)n1. The van der Waals surface area contributed by atoms with Crippen molar-refractivity contribution in [2.75, 3.05) is 13.2 Å². The summed E-state index contributed by atoms with van der Waals surface area (Å²) in [5.74, 6) is -2.54. The first-order valence-electron chi connectivity index (χ1n) is 13.0. The van der Waals surface area contributed by atoms with E-state index in [1.54, 1.807) is 6.92 Å². The molecule has 0 bridgehead atoms. The van der Waals surface area contributed by atoms with Crippen molar-refractivity contribution in [2.45, 2.75) is 25.7 Å². The average Bonchev–Trinajstić information content (AvgIpc) is 3.02. The van der Waals surface area contributed by atoms with Gasteiger partial charge in [-0.2, -0.15) is 4.98 Å². The van der Waals surface area contributed by atoms with Crippen LogP contribution in [0.2, 0.25) is 0 Å². The molecule has 0 aliphatic rings. The molecule has 41 heavy (non-hydrogen) atoms. The number of hydrogen-bond donors (Lipinski definition) is 3. The molecular weight excluding hydrogens is 524 g/mol. The van der Waals surface area contributed by atoms with E-state index in [4.69, 9.17) is 9.47 Å². The maximum Gasteiger partial charge on any atom is 0.336 e. The molecule has 4 aromatic rings. The van der Waals surface area contributed by atoms with Crippen LogP contribution in [0, 0.1) is 0 Å². The second-order valence-corrected chi connectivity index (χ2v) is 8.89. The predicted octanol–water partition coefficient (Wildman–Crippen LogP) is 3.23. The highest BCUT2D eigenvalue weighted by Gasteiger charge is 2.24. The number of nitrogens with one attached hydrogen (secondary N) is 2. The van der Waals surface area contributed by atoms with Crippen LogP contribution in [0.1, 0.15) is 50.6 Å². The van der Waals surface area contributed by atoms with Gasteiger partial charge < -0.3 is 25.2 Å². The van der Waals surface area contributed by atoms with E-state index in [1.807, 2.05) is 91.0 Å². The summed E-state index contributed by atoms with van der Waals surface area (Å²) < 4.78 is 10.6. The summed E-state index contributed by atoms with van der Waals surface area (Å²) in [6, 6.07) is 27.8. The zero-order valence-corrected chi connectivity index (χ0v) is 22.4. The molecule has 0 saturated heterocycles. The number of benzene rings is 3. The topological polar surface area (TPSA) is 140 Å². The zero-order valence-electron chi connectivity index (χ0n) is 22.4. The Morgan fingerprint density at radius 1 is 0.854 bits per heavy atom.